The van der Waals surface area contributed by atoms with Gasteiger partial charge in [0.15, 0.2) is 11.5 Å². The molecule has 2 aromatic rings. The van der Waals surface area contributed by atoms with Crippen molar-refractivity contribution in [1.82, 2.24) is 0 Å². The molecule has 0 saturated carbocycles. The van der Waals surface area contributed by atoms with E-state index in [1.165, 1.54) is 6.07 Å². The minimum atomic E-state index is -0.367. The third-order valence-corrected chi connectivity index (χ3v) is 4.92. The van der Waals surface area contributed by atoms with E-state index in [2.05, 4.69) is 5.32 Å². The predicted octanol–water partition coefficient (Wildman–Crippen LogP) is 3.18. The van der Waals surface area contributed by atoms with Gasteiger partial charge in [0.25, 0.3) is 5.69 Å². The van der Waals surface area contributed by atoms with Crippen molar-refractivity contribution in [2.45, 2.75) is 12.8 Å². The summed E-state index contributed by atoms with van der Waals surface area (Å²) < 4.78 is 10.6. The highest BCUT2D eigenvalue weighted by atomic mass is 16.7. The summed E-state index contributed by atoms with van der Waals surface area (Å²) in [5.41, 5.74) is 1.38. The lowest BCUT2D eigenvalue weighted by Gasteiger charge is -2.32. The number of amides is 1. The average Bonchev–Trinajstić information content (AvgIpc) is 3.16. The molecule has 8 nitrogen and oxygen atoms in total. The van der Waals surface area contributed by atoms with Gasteiger partial charge in [-0.1, -0.05) is 12.1 Å². The molecule has 0 aromatic heterocycles. The highest BCUT2D eigenvalue weighted by molar-refractivity contribution is 5.93. The Kier molecular flexibility index (Phi) is 4.53. The van der Waals surface area contributed by atoms with E-state index in [9.17, 15) is 14.9 Å². The van der Waals surface area contributed by atoms with Gasteiger partial charge in [-0.25, -0.2) is 0 Å². The molecule has 0 radical (unpaired) electrons. The molecular formula is C19H19N3O5. The molecule has 2 heterocycles. The first-order chi connectivity index (χ1) is 13.1. The monoisotopic (exact) mass is 369 g/mol. The van der Waals surface area contributed by atoms with E-state index in [1.807, 2.05) is 4.90 Å². The van der Waals surface area contributed by atoms with Crippen LogP contribution in [0.2, 0.25) is 0 Å². The Balaban J connectivity index is 1.38. The summed E-state index contributed by atoms with van der Waals surface area (Å²) in [6.45, 7) is 1.39. The summed E-state index contributed by atoms with van der Waals surface area (Å²) >= 11 is 0. The fraction of sp³-hybridized carbons (Fsp3) is 0.316. The fourth-order valence-electron chi connectivity index (χ4n) is 3.49. The second-order valence-corrected chi connectivity index (χ2v) is 6.56. The molecule has 2 aromatic carbocycles. The number of ether oxygens (including phenoxy) is 2. The second kappa shape index (κ2) is 7.14. The first-order valence-corrected chi connectivity index (χ1v) is 8.81. The van der Waals surface area contributed by atoms with E-state index in [1.54, 1.807) is 36.4 Å². The summed E-state index contributed by atoms with van der Waals surface area (Å²) in [5.74, 6) is 1.12. The number of hydrogen-bond acceptors (Lipinski definition) is 6. The number of fused-ring (bicyclic) bond motifs is 1. The van der Waals surface area contributed by atoms with Crippen LogP contribution in [0.3, 0.4) is 0 Å². The molecule has 1 fully saturated rings. The Hall–Kier alpha value is -3.29. The molecule has 0 unspecified atom stereocenters. The molecule has 1 amide bonds. The van der Waals surface area contributed by atoms with Crippen LogP contribution in [0.1, 0.15) is 12.8 Å². The van der Waals surface area contributed by atoms with Crippen LogP contribution in [0, 0.1) is 16.0 Å². The summed E-state index contributed by atoms with van der Waals surface area (Å²) in [4.78, 5) is 25.4. The van der Waals surface area contributed by atoms with Gasteiger partial charge < -0.3 is 19.7 Å². The molecule has 0 bridgehead atoms. The number of benzene rings is 2. The van der Waals surface area contributed by atoms with Gasteiger partial charge in [0, 0.05) is 36.8 Å². The van der Waals surface area contributed by atoms with Crippen LogP contribution in [0.4, 0.5) is 17.1 Å². The quantitative estimate of drug-likeness (QED) is 0.657. The highest BCUT2D eigenvalue weighted by Crippen LogP contribution is 2.35. The Morgan fingerprint density at radius 2 is 1.85 bits per heavy atom. The van der Waals surface area contributed by atoms with E-state index < -0.39 is 0 Å². The molecule has 27 heavy (non-hydrogen) atoms. The van der Waals surface area contributed by atoms with Gasteiger partial charge in [0.05, 0.1) is 4.92 Å². The number of carbonyl (C=O) groups is 1. The SMILES string of the molecule is O=C(Nc1ccc2c(c1)OCO2)C1CCN(c2ccccc2[N+](=O)[O-])CC1. The van der Waals surface area contributed by atoms with Gasteiger partial charge in [-0.2, -0.15) is 0 Å². The van der Waals surface area contributed by atoms with E-state index in [-0.39, 0.29) is 29.2 Å². The van der Waals surface area contributed by atoms with Gasteiger partial charge in [-0.15, -0.1) is 0 Å². The number of piperidine rings is 1. The first kappa shape index (κ1) is 17.1. The number of para-hydroxylation sites is 2. The topological polar surface area (TPSA) is 93.9 Å². The summed E-state index contributed by atoms with van der Waals surface area (Å²) in [7, 11) is 0. The smallest absolute Gasteiger partial charge is 0.292 e. The Labute approximate surface area is 155 Å². The number of rotatable bonds is 4. The number of carbonyl (C=O) groups excluding carboxylic acids is 1. The number of nitrogens with zero attached hydrogens (tertiary/aromatic N) is 2. The minimum absolute atomic E-state index is 0.0453. The number of nitrogens with one attached hydrogen (secondary N) is 1. The van der Waals surface area contributed by atoms with Crippen molar-refractivity contribution < 1.29 is 19.2 Å². The van der Waals surface area contributed by atoms with Crippen molar-refractivity contribution in [3.63, 3.8) is 0 Å². The van der Waals surface area contributed by atoms with Crippen LogP contribution < -0.4 is 19.7 Å². The lowest BCUT2D eigenvalue weighted by Crippen LogP contribution is -2.38. The van der Waals surface area contributed by atoms with Crippen molar-refractivity contribution in [1.29, 1.82) is 0 Å². The van der Waals surface area contributed by atoms with E-state index in [4.69, 9.17) is 9.47 Å². The predicted molar refractivity (Wildman–Crippen MR) is 99.2 cm³/mol. The van der Waals surface area contributed by atoms with Gasteiger partial charge in [-0.3, -0.25) is 14.9 Å². The van der Waals surface area contributed by atoms with E-state index in [0.717, 1.165) is 0 Å². The van der Waals surface area contributed by atoms with Crippen LogP contribution in [0.15, 0.2) is 42.5 Å². The summed E-state index contributed by atoms with van der Waals surface area (Å²) in [6, 6.07) is 12.0. The lowest BCUT2D eigenvalue weighted by atomic mass is 9.95. The summed E-state index contributed by atoms with van der Waals surface area (Å²) in [5, 5.41) is 14.1. The van der Waals surface area contributed by atoms with Crippen molar-refractivity contribution in [2.75, 3.05) is 30.1 Å². The standard InChI is InChI=1S/C19H19N3O5/c23-19(20-14-5-6-17-18(11-14)27-12-26-17)13-7-9-21(10-8-13)15-3-1-2-4-16(15)22(24)25/h1-6,11,13H,7-10,12H2,(H,20,23). The molecule has 4 rings (SSSR count). The molecular weight excluding hydrogens is 350 g/mol. The Morgan fingerprint density at radius 1 is 1.11 bits per heavy atom. The van der Waals surface area contributed by atoms with Gasteiger partial charge in [0.1, 0.15) is 5.69 Å². The number of nitro benzene ring substituents is 1. The maximum atomic E-state index is 12.6. The van der Waals surface area contributed by atoms with Gasteiger partial charge in [0.2, 0.25) is 12.7 Å². The van der Waals surface area contributed by atoms with Crippen LogP contribution in [-0.4, -0.2) is 30.7 Å². The van der Waals surface area contributed by atoms with Crippen LogP contribution in [0.25, 0.3) is 0 Å². The molecule has 140 valence electrons. The van der Waals surface area contributed by atoms with Crippen LogP contribution in [-0.2, 0) is 4.79 Å². The maximum absolute atomic E-state index is 12.6. The van der Waals surface area contributed by atoms with Crippen LogP contribution >= 0.6 is 0 Å². The van der Waals surface area contributed by atoms with Crippen molar-refractivity contribution in [2.24, 2.45) is 5.92 Å². The van der Waals surface area contributed by atoms with E-state index in [0.29, 0.717) is 48.8 Å². The van der Waals surface area contributed by atoms with Crippen molar-refractivity contribution >= 4 is 23.0 Å². The number of anilines is 2. The fourth-order valence-corrected chi connectivity index (χ4v) is 3.49. The molecule has 0 atom stereocenters. The zero-order valence-electron chi connectivity index (χ0n) is 14.6. The molecule has 1 saturated heterocycles. The van der Waals surface area contributed by atoms with Gasteiger partial charge in [-0.05, 0) is 31.0 Å². The van der Waals surface area contributed by atoms with Gasteiger partial charge >= 0.3 is 0 Å². The lowest BCUT2D eigenvalue weighted by molar-refractivity contribution is -0.384. The second-order valence-electron chi connectivity index (χ2n) is 6.56. The molecule has 8 heteroatoms. The largest absolute Gasteiger partial charge is 0.454 e. The Morgan fingerprint density at radius 3 is 2.63 bits per heavy atom. The molecule has 0 spiro atoms. The Bertz CT molecular complexity index is 877. The maximum Gasteiger partial charge on any atom is 0.292 e. The van der Waals surface area contributed by atoms with E-state index >= 15 is 0 Å². The molecule has 2 aliphatic rings. The molecule has 1 N–H and O–H groups in total. The van der Waals surface area contributed by atoms with Crippen LogP contribution in [0.5, 0.6) is 11.5 Å². The average molecular weight is 369 g/mol. The third kappa shape index (κ3) is 3.51. The van der Waals surface area contributed by atoms with Crippen molar-refractivity contribution in [3.8, 4) is 11.5 Å². The zero-order valence-corrected chi connectivity index (χ0v) is 14.6. The molecule has 0 aliphatic carbocycles. The number of nitro groups is 1. The zero-order chi connectivity index (χ0) is 18.8. The summed E-state index contributed by atoms with van der Waals surface area (Å²) in [6.07, 6.45) is 1.28. The first-order valence-electron chi connectivity index (χ1n) is 8.81. The molecule has 2 aliphatic heterocycles. The minimum Gasteiger partial charge on any atom is -0.454 e. The normalized spacial score (nSPS) is 16.2. The third-order valence-electron chi connectivity index (χ3n) is 4.92. The highest BCUT2D eigenvalue weighted by Gasteiger charge is 2.28. The number of hydrogen-bond donors (Lipinski definition) is 1. The van der Waals surface area contributed by atoms with Crippen molar-refractivity contribution in [3.05, 3.63) is 52.6 Å².